The summed E-state index contributed by atoms with van der Waals surface area (Å²) < 4.78 is 7.01. The Labute approximate surface area is 93.1 Å². The van der Waals surface area contributed by atoms with Gasteiger partial charge in [-0.1, -0.05) is 0 Å². The molecule has 0 aliphatic heterocycles. The van der Waals surface area contributed by atoms with Crippen LogP contribution in [0.25, 0.3) is 10.9 Å². The van der Waals surface area contributed by atoms with Crippen molar-refractivity contribution in [1.82, 2.24) is 4.57 Å². The molecule has 0 atom stereocenters. The molecule has 0 radical (unpaired) electrons. The molecule has 0 saturated heterocycles. The van der Waals surface area contributed by atoms with Crippen molar-refractivity contribution in [3.05, 3.63) is 30.0 Å². The van der Waals surface area contributed by atoms with Gasteiger partial charge in [-0.25, -0.2) is 4.79 Å². The van der Waals surface area contributed by atoms with Crippen LogP contribution in [-0.4, -0.2) is 22.8 Å². The normalized spacial score (nSPS) is 10.6. The van der Waals surface area contributed by atoms with Gasteiger partial charge in [0, 0.05) is 23.6 Å². The summed E-state index contributed by atoms with van der Waals surface area (Å²) in [7, 11) is 1.57. The molecule has 0 spiro atoms. The summed E-state index contributed by atoms with van der Waals surface area (Å²) in [6, 6.07) is 5.47. The maximum atomic E-state index is 11.1. The number of aromatic nitrogens is 1. The van der Waals surface area contributed by atoms with Crippen molar-refractivity contribution in [2.24, 2.45) is 0 Å². The third-order valence-electron chi connectivity index (χ3n) is 2.66. The molecule has 0 amide bonds. The van der Waals surface area contributed by atoms with E-state index in [4.69, 9.17) is 9.84 Å². The molecule has 16 heavy (non-hydrogen) atoms. The second-order valence-corrected chi connectivity index (χ2v) is 3.52. The van der Waals surface area contributed by atoms with Gasteiger partial charge in [0.2, 0.25) is 0 Å². The number of benzene rings is 1. The highest BCUT2D eigenvalue weighted by Crippen LogP contribution is 2.26. The summed E-state index contributed by atoms with van der Waals surface area (Å²) >= 11 is 0. The van der Waals surface area contributed by atoms with E-state index in [1.165, 1.54) is 0 Å². The number of hydrogen-bond acceptors (Lipinski definition) is 2. The topological polar surface area (TPSA) is 51.5 Å². The number of ether oxygens (including phenoxy) is 1. The lowest BCUT2D eigenvalue weighted by molar-refractivity contribution is 0.0699. The van der Waals surface area contributed by atoms with E-state index >= 15 is 0 Å². The standard InChI is InChI=1S/C12H13NO3/c1-3-13-7-10(12(14)15)9-6-8(16-2)4-5-11(9)13/h4-7H,3H2,1-2H3,(H,14,15). The predicted octanol–water partition coefficient (Wildman–Crippen LogP) is 2.37. The predicted molar refractivity (Wildman–Crippen MR) is 61.1 cm³/mol. The van der Waals surface area contributed by atoms with E-state index in [9.17, 15) is 4.79 Å². The van der Waals surface area contributed by atoms with Crippen molar-refractivity contribution in [1.29, 1.82) is 0 Å². The van der Waals surface area contributed by atoms with Crippen molar-refractivity contribution in [3.63, 3.8) is 0 Å². The van der Waals surface area contributed by atoms with Crippen LogP contribution in [0.2, 0.25) is 0 Å². The molecule has 0 aliphatic rings. The second-order valence-electron chi connectivity index (χ2n) is 3.52. The molecule has 0 bridgehead atoms. The number of rotatable bonds is 3. The maximum absolute atomic E-state index is 11.1. The van der Waals surface area contributed by atoms with Gasteiger partial charge in [0.15, 0.2) is 0 Å². The van der Waals surface area contributed by atoms with Gasteiger partial charge >= 0.3 is 5.97 Å². The van der Waals surface area contributed by atoms with E-state index in [-0.39, 0.29) is 0 Å². The van der Waals surface area contributed by atoms with E-state index in [1.54, 1.807) is 19.4 Å². The molecule has 0 aliphatic carbocycles. The minimum absolute atomic E-state index is 0.316. The summed E-state index contributed by atoms with van der Waals surface area (Å²) in [5, 5.41) is 9.82. The fourth-order valence-corrected chi connectivity index (χ4v) is 1.84. The van der Waals surface area contributed by atoms with Gasteiger partial charge in [0.25, 0.3) is 0 Å². The molecule has 0 unspecified atom stereocenters. The van der Waals surface area contributed by atoms with Gasteiger partial charge in [0.05, 0.1) is 12.7 Å². The van der Waals surface area contributed by atoms with Crippen LogP contribution in [0.5, 0.6) is 5.75 Å². The highest BCUT2D eigenvalue weighted by molar-refractivity contribution is 6.03. The van der Waals surface area contributed by atoms with Gasteiger partial charge in [0.1, 0.15) is 5.75 Å². The minimum atomic E-state index is -0.912. The first-order valence-corrected chi connectivity index (χ1v) is 5.07. The molecule has 1 heterocycles. The fourth-order valence-electron chi connectivity index (χ4n) is 1.84. The van der Waals surface area contributed by atoms with Crippen molar-refractivity contribution in [2.75, 3.05) is 7.11 Å². The Morgan fingerprint density at radius 3 is 2.81 bits per heavy atom. The number of nitrogens with zero attached hydrogens (tertiary/aromatic N) is 1. The molecule has 4 heteroatoms. The molecule has 1 N–H and O–H groups in total. The summed E-state index contributed by atoms with van der Waals surface area (Å²) in [4.78, 5) is 11.1. The van der Waals surface area contributed by atoms with Crippen molar-refractivity contribution >= 4 is 16.9 Å². The van der Waals surface area contributed by atoms with Crippen LogP contribution in [0.15, 0.2) is 24.4 Å². The van der Waals surface area contributed by atoms with Crippen LogP contribution in [0, 0.1) is 0 Å². The maximum Gasteiger partial charge on any atom is 0.337 e. The average molecular weight is 219 g/mol. The first kappa shape index (κ1) is 10.5. The number of carbonyl (C=O) groups is 1. The summed E-state index contributed by atoms with van der Waals surface area (Å²) in [6.45, 7) is 2.73. The van der Waals surface area contributed by atoms with E-state index in [2.05, 4.69) is 0 Å². The van der Waals surface area contributed by atoms with Crippen LogP contribution < -0.4 is 4.74 Å². The molecule has 4 nitrogen and oxygen atoms in total. The monoisotopic (exact) mass is 219 g/mol. The lowest BCUT2D eigenvalue weighted by Gasteiger charge is -2.02. The Hall–Kier alpha value is -1.97. The summed E-state index contributed by atoms with van der Waals surface area (Å²) in [5.41, 5.74) is 1.23. The van der Waals surface area contributed by atoms with E-state index < -0.39 is 5.97 Å². The number of methoxy groups -OCH3 is 1. The first-order valence-electron chi connectivity index (χ1n) is 5.07. The van der Waals surface area contributed by atoms with Crippen LogP contribution in [0.1, 0.15) is 17.3 Å². The number of aryl methyl sites for hydroxylation is 1. The fraction of sp³-hybridized carbons (Fsp3) is 0.250. The Morgan fingerprint density at radius 2 is 2.25 bits per heavy atom. The van der Waals surface area contributed by atoms with Gasteiger partial charge in [-0.3, -0.25) is 0 Å². The van der Waals surface area contributed by atoms with Crippen molar-refractivity contribution in [2.45, 2.75) is 13.5 Å². The zero-order valence-electron chi connectivity index (χ0n) is 9.23. The lowest BCUT2D eigenvalue weighted by atomic mass is 10.1. The quantitative estimate of drug-likeness (QED) is 0.862. The molecule has 0 fully saturated rings. The van der Waals surface area contributed by atoms with Gasteiger partial charge < -0.3 is 14.4 Å². The van der Waals surface area contributed by atoms with Crippen LogP contribution in [-0.2, 0) is 6.54 Å². The van der Waals surface area contributed by atoms with Gasteiger partial charge in [-0.05, 0) is 25.1 Å². The number of hydrogen-bond donors (Lipinski definition) is 1. The highest BCUT2D eigenvalue weighted by Gasteiger charge is 2.13. The molecule has 1 aromatic heterocycles. The number of fused-ring (bicyclic) bond motifs is 1. The Bertz CT molecular complexity index is 542. The van der Waals surface area contributed by atoms with Crippen LogP contribution >= 0.6 is 0 Å². The number of aromatic carboxylic acids is 1. The summed E-state index contributed by atoms with van der Waals surface area (Å²) in [6.07, 6.45) is 1.66. The average Bonchev–Trinajstić information content (AvgIpc) is 2.66. The number of carboxylic acid groups (broad SMARTS) is 1. The minimum Gasteiger partial charge on any atom is -0.497 e. The second kappa shape index (κ2) is 3.89. The molecule has 1 aromatic carbocycles. The summed E-state index contributed by atoms with van der Waals surface area (Å²) in [5.74, 6) is -0.241. The van der Waals surface area contributed by atoms with E-state index in [0.717, 1.165) is 12.1 Å². The van der Waals surface area contributed by atoms with E-state index in [1.807, 2.05) is 23.6 Å². The molecule has 2 aromatic rings. The molecule has 0 saturated carbocycles. The number of carboxylic acids is 1. The third kappa shape index (κ3) is 1.52. The van der Waals surface area contributed by atoms with E-state index in [0.29, 0.717) is 16.7 Å². The Kier molecular flexibility index (Phi) is 2.56. The smallest absolute Gasteiger partial charge is 0.337 e. The van der Waals surface area contributed by atoms with Gasteiger partial charge in [-0.15, -0.1) is 0 Å². The van der Waals surface area contributed by atoms with Crippen LogP contribution in [0.4, 0.5) is 0 Å². The lowest BCUT2D eigenvalue weighted by Crippen LogP contribution is -1.94. The molecule has 2 rings (SSSR count). The van der Waals surface area contributed by atoms with Crippen molar-refractivity contribution < 1.29 is 14.6 Å². The molecular weight excluding hydrogens is 206 g/mol. The zero-order valence-corrected chi connectivity index (χ0v) is 9.23. The highest BCUT2D eigenvalue weighted by atomic mass is 16.5. The van der Waals surface area contributed by atoms with Crippen LogP contribution in [0.3, 0.4) is 0 Å². The Morgan fingerprint density at radius 1 is 1.50 bits per heavy atom. The largest absolute Gasteiger partial charge is 0.497 e. The van der Waals surface area contributed by atoms with Crippen molar-refractivity contribution in [3.8, 4) is 5.75 Å². The SMILES string of the molecule is CCn1cc(C(=O)O)c2cc(OC)ccc21. The molecule has 84 valence electrons. The molecular formula is C12H13NO3. The zero-order chi connectivity index (χ0) is 11.7. The first-order chi connectivity index (χ1) is 7.67. The third-order valence-corrected chi connectivity index (χ3v) is 2.66. The van der Waals surface area contributed by atoms with Gasteiger partial charge in [-0.2, -0.15) is 0 Å². The Balaban J connectivity index is 2.75.